The SMILES string of the molecule is Cc1cc(OC2CCOCC2)ccc1-c1csc2ccc(COc3ccc(C4(CC(=O)O)CCC4)cc3)cc12. The molecule has 0 amide bonds. The first-order chi connectivity index (χ1) is 19.0. The van der Waals surface area contributed by atoms with Crippen LogP contribution < -0.4 is 9.47 Å². The van der Waals surface area contributed by atoms with Crippen LogP contribution in [0.5, 0.6) is 11.5 Å². The Morgan fingerprint density at radius 2 is 1.77 bits per heavy atom. The largest absolute Gasteiger partial charge is 0.490 e. The van der Waals surface area contributed by atoms with Crippen molar-refractivity contribution in [2.75, 3.05) is 13.2 Å². The van der Waals surface area contributed by atoms with Gasteiger partial charge in [0.2, 0.25) is 0 Å². The molecule has 1 aromatic heterocycles. The molecule has 1 N–H and O–H groups in total. The summed E-state index contributed by atoms with van der Waals surface area (Å²) in [6.07, 6.45) is 5.27. The molecular formula is C33H34O5S. The molecule has 2 aliphatic rings. The van der Waals surface area contributed by atoms with Crippen molar-refractivity contribution in [1.82, 2.24) is 0 Å². The topological polar surface area (TPSA) is 65.0 Å². The summed E-state index contributed by atoms with van der Waals surface area (Å²) >= 11 is 1.76. The van der Waals surface area contributed by atoms with Gasteiger partial charge in [-0.25, -0.2) is 0 Å². The summed E-state index contributed by atoms with van der Waals surface area (Å²) in [4.78, 5) is 11.4. The number of rotatable bonds is 9. The highest BCUT2D eigenvalue weighted by molar-refractivity contribution is 7.17. The van der Waals surface area contributed by atoms with Crippen molar-refractivity contribution in [3.8, 4) is 22.6 Å². The minimum Gasteiger partial charge on any atom is -0.490 e. The van der Waals surface area contributed by atoms with Crippen molar-refractivity contribution in [2.24, 2.45) is 0 Å². The van der Waals surface area contributed by atoms with Crippen LogP contribution in [-0.2, 0) is 21.6 Å². The minimum absolute atomic E-state index is 0.196. The Balaban J connectivity index is 1.15. The second kappa shape index (κ2) is 11.0. The lowest BCUT2D eigenvalue weighted by Crippen LogP contribution is -2.36. The molecule has 0 spiro atoms. The molecule has 0 radical (unpaired) electrons. The number of ether oxygens (including phenoxy) is 3. The molecule has 0 unspecified atom stereocenters. The number of carboxylic acid groups (broad SMARTS) is 1. The molecule has 6 heteroatoms. The zero-order chi connectivity index (χ0) is 26.8. The maximum Gasteiger partial charge on any atom is 0.304 e. The number of aryl methyl sites for hydroxylation is 1. The summed E-state index contributed by atoms with van der Waals surface area (Å²) in [7, 11) is 0. The van der Waals surface area contributed by atoms with Gasteiger partial charge in [-0.05, 0) is 83.8 Å². The second-order valence-corrected chi connectivity index (χ2v) is 11.8. The van der Waals surface area contributed by atoms with E-state index in [0.717, 1.165) is 67.9 Å². The van der Waals surface area contributed by atoms with Crippen LogP contribution in [0.4, 0.5) is 0 Å². The van der Waals surface area contributed by atoms with Gasteiger partial charge in [-0.3, -0.25) is 4.79 Å². The lowest BCUT2D eigenvalue weighted by atomic mass is 9.62. The molecule has 2 fully saturated rings. The molecule has 1 saturated carbocycles. The van der Waals surface area contributed by atoms with Gasteiger partial charge >= 0.3 is 5.97 Å². The number of hydrogen-bond donors (Lipinski definition) is 1. The van der Waals surface area contributed by atoms with E-state index in [1.165, 1.54) is 26.8 Å². The summed E-state index contributed by atoms with van der Waals surface area (Å²) in [5, 5.41) is 12.8. The zero-order valence-corrected chi connectivity index (χ0v) is 23.1. The maximum absolute atomic E-state index is 11.4. The Morgan fingerprint density at radius 3 is 2.46 bits per heavy atom. The van der Waals surface area contributed by atoms with Gasteiger partial charge < -0.3 is 19.3 Å². The normalized spacial score (nSPS) is 17.1. The van der Waals surface area contributed by atoms with Crippen LogP contribution >= 0.6 is 11.3 Å². The van der Waals surface area contributed by atoms with E-state index >= 15 is 0 Å². The Labute approximate surface area is 233 Å². The van der Waals surface area contributed by atoms with Gasteiger partial charge in [0.1, 0.15) is 24.2 Å². The fourth-order valence-corrected chi connectivity index (χ4v) is 6.85. The number of carboxylic acids is 1. The van der Waals surface area contributed by atoms with Gasteiger partial charge in [-0.2, -0.15) is 0 Å². The second-order valence-electron chi connectivity index (χ2n) is 10.9. The quantitative estimate of drug-likeness (QED) is 0.233. The molecule has 3 aromatic carbocycles. The number of thiophene rings is 1. The van der Waals surface area contributed by atoms with Gasteiger partial charge in [0.15, 0.2) is 0 Å². The van der Waals surface area contributed by atoms with Crippen LogP contribution in [0.3, 0.4) is 0 Å². The van der Waals surface area contributed by atoms with Crippen molar-refractivity contribution >= 4 is 27.4 Å². The minimum atomic E-state index is -0.729. The Kier molecular flexibility index (Phi) is 7.32. The highest BCUT2D eigenvalue weighted by Gasteiger charge is 2.40. The highest BCUT2D eigenvalue weighted by atomic mass is 32.1. The molecule has 6 rings (SSSR count). The van der Waals surface area contributed by atoms with Crippen LogP contribution in [0.15, 0.2) is 66.0 Å². The monoisotopic (exact) mass is 542 g/mol. The van der Waals surface area contributed by atoms with E-state index in [-0.39, 0.29) is 17.9 Å². The average molecular weight is 543 g/mol. The van der Waals surface area contributed by atoms with E-state index in [4.69, 9.17) is 14.2 Å². The molecule has 39 heavy (non-hydrogen) atoms. The van der Waals surface area contributed by atoms with E-state index < -0.39 is 5.97 Å². The average Bonchev–Trinajstić information content (AvgIpc) is 3.33. The van der Waals surface area contributed by atoms with E-state index in [9.17, 15) is 9.90 Å². The molecule has 1 saturated heterocycles. The molecule has 1 aliphatic carbocycles. The van der Waals surface area contributed by atoms with E-state index in [0.29, 0.717) is 6.61 Å². The van der Waals surface area contributed by atoms with Gasteiger partial charge in [0.25, 0.3) is 0 Å². The first-order valence-corrected chi connectivity index (χ1v) is 14.7. The van der Waals surface area contributed by atoms with E-state index in [1.807, 2.05) is 24.3 Å². The van der Waals surface area contributed by atoms with E-state index in [2.05, 4.69) is 48.7 Å². The van der Waals surface area contributed by atoms with Crippen LogP contribution in [0.1, 0.15) is 55.2 Å². The number of benzene rings is 3. The van der Waals surface area contributed by atoms with Crippen molar-refractivity contribution in [1.29, 1.82) is 0 Å². The van der Waals surface area contributed by atoms with Gasteiger partial charge in [-0.1, -0.05) is 30.7 Å². The van der Waals surface area contributed by atoms with Crippen LogP contribution in [0.25, 0.3) is 21.2 Å². The predicted octanol–water partition coefficient (Wildman–Crippen LogP) is 7.91. The zero-order valence-electron chi connectivity index (χ0n) is 22.3. The van der Waals surface area contributed by atoms with Gasteiger partial charge in [-0.15, -0.1) is 11.3 Å². The Bertz CT molecular complexity index is 1460. The standard InChI is InChI=1S/C33H34O5S/c1-22-17-27(38-26-11-15-36-16-12-26)8-9-28(22)30-21-39-31-10-3-23(18-29(30)31)20-37-25-6-4-24(5-7-25)33(13-2-14-33)19-32(34)35/h3-10,17-18,21,26H,2,11-16,19-20H2,1H3,(H,34,35). The smallest absolute Gasteiger partial charge is 0.304 e. The van der Waals surface area contributed by atoms with Crippen LogP contribution in [0.2, 0.25) is 0 Å². The summed E-state index contributed by atoms with van der Waals surface area (Å²) < 4.78 is 19.1. The van der Waals surface area contributed by atoms with Crippen molar-refractivity contribution < 1.29 is 24.1 Å². The lowest BCUT2D eigenvalue weighted by Gasteiger charge is -2.41. The molecule has 0 bridgehead atoms. The molecule has 5 nitrogen and oxygen atoms in total. The Hall–Kier alpha value is -3.35. The first kappa shape index (κ1) is 25.9. The van der Waals surface area contributed by atoms with Crippen molar-refractivity contribution in [2.45, 2.75) is 63.6 Å². The molecule has 202 valence electrons. The number of fused-ring (bicyclic) bond motifs is 1. The third-order valence-corrected chi connectivity index (χ3v) is 9.23. The van der Waals surface area contributed by atoms with Gasteiger partial charge in [0.05, 0.1) is 19.6 Å². The van der Waals surface area contributed by atoms with Crippen LogP contribution in [-0.4, -0.2) is 30.4 Å². The molecule has 0 atom stereocenters. The number of hydrogen-bond acceptors (Lipinski definition) is 5. The lowest BCUT2D eigenvalue weighted by molar-refractivity contribution is -0.139. The van der Waals surface area contributed by atoms with Crippen molar-refractivity contribution in [3.63, 3.8) is 0 Å². The van der Waals surface area contributed by atoms with Crippen molar-refractivity contribution in [3.05, 3.63) is 82.7 Å². The molecule has 1 aliphatic heterocycles. The number of aliphatic carboxylic acids is 1. The first-order valence-electron chi connectivity index (χ1n) is 13.8. The summed E-state index contributed by atoms with van der Waals surface area (Å²) in [5.74, 6) is 0.992. The molecule has 4 aromatic rings. The van der Waals surface area contributed by atoms with Crippen LogP contribution in [0, 0.1) is 6.92 Å². The van der Waals surface area contributed by atoms with Gasteiger partial charge in [0, 0.05) is 33.9 Å². The number of carbonyl (C=O) groups is 1. The third-order valence-electron chi connectivity index (χ3n) is 8.27. The third kappa shape index (κ3) is 5.54. The maximum atomic E-state index is 11.4. The summed E-state index contributed by atoms with van der Waals surface area (Å²) in [6.45, 7) is 4.17. The fourth-order valence-electron chi connectivity index (χ4n) is 5.90. The predicted molar refractivity (Wildman–Crippen MR) is 155 cm³/mol. The van der Waals surface area contributed by atoms with E-state index in [1.54, 1.807) is 11.3 Å². The fraction of sp³-hybridized carbons (Fsp3) is 0.364. The summed E-state index contributed by atoms with van der Waals surface area (Å²) in [6, 6.07) is 21.0. The highest BCUT2D eigenvalue weighted by Crippen LogP contribution is 2.46. The Morgan fingerprint density at radius 1 is 1.00 bits per heavy atom. The summed E-state index contributed by atoms with van der Waals surface area (Å²) in [5.41, 5.74) is 5.67. The molecular weight excluding hydrogens is 508 g/mol. The molecule has 2 heterocycles.